The van der Waals surface area contributed by atoms with Gasteiger partial charge in [0.05, 0.1) is 32.7 Å². The maximum atomic E-state index is 6.50. The molecule has 6 rings (SSSR count). The second-order valence-electron chi connectivity index (χ2n) is 10.3. The van der Waals surface area contributed by atoms with Gasteiger partial charge < -0.3 is 29.2 Å². The highest BCUT2D eigenvalue weighted by Gasteiger charge is 2.24. The Labute approximate surface area is 234 Å². The lowest BCUT2D eigenvalue weighted by Crippen LogP contribution is -2.29. The van der Waals surface area contributed by atoms with E-state index in [1.165, 1.54) is 19.3 Å². The zero-order valence-electron chi connectivity index (χ0n) is 23.3. The Morgan fingerprint density at radius 2 is 1.60 bits per heavy atom. The molecule has 0 amide bonds. The van der Waals surface area contributed by atoms with Crippen LogP contribution in [0.5, 0.6) is 23.1 Å². The summed E-state index contributed by atoms with van der Waals surface area (Å²) >= 11 is 0. The lowest BCUT2D eigenvalue weighted by atomic mass is 10.1. The predicted molar refractivity (Wildman–Crippen MR) is 155 cm³/mol. The largest absolute Gasteiger partial charge is 0.494 e. The second-order valence-corrected chi connectivity index (χ2v) is 10.3. The van der Waals surface area contributed by atoms with Crippen LogP contribution in [0.1, 0.15) is 44.9 Å². The summed E-state index contributed by atoms with van der Waals surface area (Å²) in [5.41, 5.74) is 4.09. The fourth-order valence-electron chi connectivity index (χ4n) is 5.65. The molecule has 1 saturated heterocycles. The standard InChI is InChI=1S/C30H36N6O4/c1-37-23-14-11-19(17-25(23)39-3)27-26-28(35-34-27)32-30(33-29(26)40-21-9-5-6-10-21)31-22-13-12-20(18-24(22)38-2)36-15-7-4-8-16-36/h11-14,17-18,21H,4-10,15-16H2,1-3H3,(H2,31,32,33,34,35). The molecular weight excluding hydrogens is 508 g/mol. The minimum absolute atomic E-state index is 0.109. The third kappa shape index (κ3) is 5.17. The number of fused-ring (bicyclic) bond motifs is 1. The summed E-state index contributed by atoms with van der Waals surface area (Å²) in [5, 5.41) is 11.8. The van der Waals surface area contributed by atoms with Crippen molar-refractivity contribution in [1.82, 2.24) is 20.2 Å². The van der Waals surface area contributed by atoms with Gasteiger partial charge in [-0.1, -0.05) is 0 Å². The highest BCUT2D eigenvalue weighted by atomic mass is 16.5. The number of ether oxygens (including phenoxy) is 4. The van der Waals surface area contributed by atoms with Crippen LogP contribution >= 0.6 is 0 Å². The van der Waals surface area contributed by atoms with Crippen molar-refractivity contribution in [3.8, 4) is 34.4 Å². The number of rotatable bonds is 9. The molecule has 10 nitrogen and oxygen atoms in total. The number of H-pyrrole nitrogens is 1. The molecule has 1 aliphatic carbocycles. The predicted octanol–water partition coefficient (Wildman–Crippen LogP) is 6.10. The van der Waals surface area contributed by atoms with E-state index in [2.05, 4.69) is 32.5 Å². The van der Waals surface area contributed by atoms with Gasteiger partial charge in [0, 0.05) is 30.4 Å². The van der Waals surface area contributed by atoms with Gasteiger partial charge in [0.15, 0.2) is 17.1 Å². The first-order chi connectivity index (χ1) is 19.7. The lowest BCUT2D eigenvalue weighted by Gasteiger charge is -2.29. The number of anilines is 3. The van der Waals surface area contributed by atoms with Crippen molar-refractivity contribution in [3.63, 3.8) is 0 Å². The first-order valence-electron chi connectivity index (χ1n) is 14.0. The van der Waals surface area contributed by atoms with E-state index in [0.717, 1.165) is 72.5 Å². The van der Waals surface area contributed by atoms with Gasteiger partial charge in [-0.2, -0.15) is 15.1 Å². The topological polar surface area (TPSA) is 107 Å². The molecule has 2 aliphatic rings. The number of hydrogen-bond donors (Lipinski definition) is 2. The van der Waals surface area contributed by atoms with E-state index in [1.807, 2.05) is 24.3 Å². The van der Waals surface area contributed by atoms with E-state index in [0.29, 0.717) is 29.0 Å². The summed E-state index contributed by atoms with van der Waals surface area (Å²) in [5.74, 6) is 2.91. The molecule has 2 fully saturated rings. The Balaban J connectivity index is 1.37. The van der Waals surface area contributed by atoms with Crippen molar-refractivity contribution in [2.24, 2.45) is 0 Å². The van der Waals surface area contributed by atoms with Gasteiger partial charge in [0.1, 0.15) is 17.2 Å². The monoisotopic (exact) mass is 544 g/mol. The van der Waals surface area contributed by atoms with Crippen molar-refractivity contribution in [2.45, 2.75) is 51.0 Å². The molecule has 0 radical (unpaired) electrons. The minimum atomic E-state index is 0.109. The van der Waals surface area contributed by atoms with Crippen molar-refractivity contribution in [1.29, 1.82) is 0 Å². The van der Waals surface area contributed by atoms with Crippen LogP contribution in [-0.4, -0.2) is 60.7 Å². The van der Waals surface area contributed by atoms with E-state index >= 15 is 0 Å². The van der Waals surface area contributed by atoms with Gasteiger partial charge in [-0.25, -0.2) is 0 Å². The van der Waals surface area contributed by atoms with Crippen LogP contribution in [0.15, 0.2) is 36.4 Å². The summed E-state index contributed by atoms with van der Waals surface area (Å²) in [7, 11) is 4.92. The van der Waals surface area contributed by atoms with Gasteiger partial charge in [-0.3, -0.25) is 5.10 Å². The summed E-state index contributed by atoms with van der Waals surface area (Å²) in [6.07, 6.45) is 8.14. The number of aromatic amines is 1. The van der Waals surface area contributed by atoms with Crippen LogP contribution in [0, 0.1) is 0 Å². The molecule has 2 N–H and O–H groups in total. The van der Waals surface area contributed by atoms with Crippen molar-refractivity contribution < 1.29 is 18.9 Å². The molecule has 2 aromatic heterocycles. The molecule has 0 unspecified atom stereocenters. The summed E-state index contributed by atoms with van der Waals surface area (Å²) in [6.45, 7) is 2.14. The third-order valence-corrected chi connectivity index (χ3v) is 7.79. The molecular formula is C30H36N6O4. The number of benzene rings is 2. The zero-order chi connectivity index (χ0) is 27.5. The third-order valence-electron chi connectivity index (χ3n) is 7.79. The SMILES string of the molecule is COc1cc(N2CCCCC2)ccc1Nc1nc(OC2CCCC2)c2c(-c3ccc(OC)c(OC)c3)[nH]nc2n1. The van der Waals surface area contributed by atoms with Crippen molar-refractivity contribution in [3.05, 3.63) is 36.4 Å². The first-order valence-corrected chi connectivity index (χ1v) is 14.0. The Morgan fingerprint density at radius 1 is 0.825 bits per heavy atom. The fraction of sp³-hybridized carbons (Fsp3) is 0.433. The van der Waals surface area contributed by atoms with E-state index < -0.39 is 0 Å². The number of nitrogens with zero attached hydrogens (tertiary/aromatic N) is 4. The highest BCUT2D eigenvalue weighted by Crippen LogP contribution is 2.39. The summed E-state index contributed by atoms with van der Waals surface area (Å²) < 4.78 is 23.2. The second kappa shape index (κ2) is 11.5. The molecule has 0 spiro atoms. The van der Waals surface area contributed by atoms with E-state index in [4.69, 9.17) is 28.9 Å². The van der Waals surface area contributed by atoms with Crippen LogP contribution in [-0.2, 0) is 0 Å². The fourth-order valence-corrected chi connectivity index (χ4v) is 5.65. The van der Waals surface area contributed by atoms with Crippen LogP contribution < -0.4 is 29.2 Å². The van der Waals surface area contributed by atoms with E-state index in [9.17, 15) is 0 Å². The average Bonchev–Trinajstić information content (AvgIpc) is 3.68. The zero-order valence-corrected chi connectivity index (χ0v) is 23.3. The average molecular weight is 545 g/mol. The van der Waals surface area contributed by atoms with Gasteiger partial charge in [0.2, 0.25) is 11.8 Å². The van der Waals surface area contributed by atoms with E-state index in [1.54, 1.807) is 21.3 Å². The molecule has 4 aromatic rings. The maximum absolute atomic E-state index is 6.50. The molecule has 3 heterocycles. The van der Waals surface area contributed by atoms with Crippen LogP contribution in [0.4, 0.5) is 17.3 Å². The Hall–Kier alpha value is -4.21. The molecule has 1 saturated carbocycles. The normalized spacial score (nSPS) is 15.8. The number of methoxy groups -OCH3 is 3. The Kier molecular flexibility index (Phi) is 7.48. The number of aromatic nitrogens is 4. The molecule has 2 aromatic carbocycles. The molecule has 1 aliphatic heterocycles. The molecule has 0 atom stereocenters. The van der Waals surface area contributed by atoms with Gasteiger partial charge in [-0.05, 0) is 75.3 Å². The number of piperidine rings is 1. The van der Waals surface area contributed by atoms with E-state index in [-0.39, 0.29) is 6.10 Å². The Morgan fingerprint density at radius 3 is 2.35 bits per heavy atom. The molecule has 10 heteroatoms. The molecule has 210 valence electrons. The highest BCUT2D eigenvalue weighted by molar-refractivity contribution is 5.95. The molecule has 40 heavy (non-hydrogen) atoms. The Bertz CT molecular complexity index is 1480. The van der Waals surface area contributed by atoms with Crippen molar-refractivity contribution in [2.75, 3.05) is 44.6 Å². The number of hydrogen-bond acceptors (Lipinski definition) is 9. The van der Waals surface area contributed by atoms with Gasteiger partial charge in [0.25, 0.3) is 0 Å². The quantitative estimate of drug-likeness (QED) is 0.258. The maximum Gasteiger partial charge on any atom is 0.232 e. The summed E-state index contributed by atoms with van der Waals surface area (Å²) in [4.78, 5) is 12.0. The summed E-state index contributed by atoms with van der Waals surface area (Å²) in [6, 6.07) is 11.9. The number of nitrogens with one attached hydrogen (secondary N) is 2. The van der Waals surface area contributed by atoms with Crippen LogP contribution in [0.25, 0.3) is 22.3 Å². The molecule has 0 bridgehead atoms. The smallest absolute Gasteiger partial charge is 0.232 e. The van der Waals surface area contributed by atoms with Crippen LogP contribution in [0.2, 0.25) is 0 Å². The van der Waals surface area contributed by atoms with Gasteiger partial charge >= 0.3 is 0 Å². The lowest BCUT2D eigenvalue weighted by molar-refractivity contribution is 0.204. The van der Waals surface area contributed by atoms with Crippen molar-refractivity contribution >= 4 is 28.4 Å². The minimum Gasteiger partial charge on any atom is -0.494 e. The first kappa shape index (κ1) is 26.0. The van der Waals surface area contributed by atoms with Gasteiger partial charge in [-0.15, -0.1) is 0 Å². The van der Waals surface area contributed by atoms with Crippen LogP contribution in [0.3, 0.4) is 0 Å².